The Morgan fingerprint density at radius 2 is 2.00 bits per heavy atom. The first-order valence-corrected chi connectivity index (χ1v) is 10.6. The van der Waals surface area contributed by atoms with Crippen LogP contribution in [0, 0.1) is 11.8 Å². The molecule has 0 aromatic carbocycles. The molecule has 3 atom stereocenters. The number of piperidine rings is 1. The van der Waals surface area contributed by atoms with Gasteiger partial charge in [0.1, 0.15) is 5.82 Å². The van der Waals surface area contributed by atoms with Crippen molar-refractivity contribution in [2.24, 2.45) is 17.6 Å². The van der Waals surface area contributed by atoms with Crippen molar-refractivity contribution in [3.05, 3.63) is 23.9 Å². The molecule has 0 radical (unpaired) electrons. The van der Waals surface area contributed by atoms with Crippen LogP contribution in [0.5, 0.6) is 0 Å². The zero-order chi connectivity index (χ0) is 19.5. The van der Waals surface area contributed by atoms with Gasteiger partial charge in [-0.15, -0.1) is 0 Å². The van der Waals surface area contributed by atoms with Crippen LogP contribution in [0.15, 0.2) is 18.3 Å². The number of anilines is 1. The predicted molar refractivity (Wildman–Crippen MR) is 108 cm³/mol. The molecular formula is C21H31N5O2. The molecule has 4 rings (SSSR count). The lowest BCUT2D eigenvalue weighted by atomic mass is 9.85. The van der Waals surface area contributed by atoms with Gasteiger partial charge in [0.15, 0.2) is 0 Å². The lowest BCUT2D eigenvalue weighted by molar-refractivity contribution is -0.123. The maximum Gasteiger partial charge on any atom is 0.237 e. The highest BCUT2D eigenvalue weighted by molar-refractivity contribution is 5.82. The summed E-state index contributed by atoms with van der Waals surface area (Å²) >= 11 is 0. The Kier molecular flexibility index (Phi) is 5.80. The summed E-state index contributed by atoms with van der Waals surface area (Å²) in [7, 11) is 0. The number of amides is 2. The van der Waals surface area contributed by atoms with E-state index in [1.54, 1.807) is 6.20 Å². The SMILES string of the molecule is NC(=O)C1CCN(c2ncccc2CNC(=O)C2CC3CCCCC3N2)CC1. The number of nitrogens with zero attached hydrogens (tertiary/aromatic N) is 2. The van der Waals surface area contributed by atoms with Gasteiger partial charge in [0.2, 0.25) is 11.8 Å². The summed E-state index contributed by atoms with van der Waals surface area (Å²) in [6, 6.07) is 4.37. The van der Waals surface area contributed by atoms with Crippen molar-refractivity contribution >= 4 is 17.6 Å². The van der Waals surface area contributed by atoms with Gasteiger partial charge in [-0.25, -0.2) is 4.98 Å². The summed E-state index contributed by atoms with van der Waals surface area (Å²) in [5, 5.41) is 6.66. The van der Waals surface area contributed by atoms with Crippen molar-refractivity contribution in [3.8, 4) is 0 Å². The van der Waals surface area contributed by atoms with Crippen LogP contribution in [0.25, 0.3) is 0 Å². The number of hydrogen-bond donors (Lipinski definition) is 3. The summed E-state index contributed by atoms with van der Waals surface area (Å²) in [4.78, 5) is 30.9. The summed E-state index contributed by atoms with van der Waals surface area (Å²) in [5.41, 5.74) is 6.46. The number of carbonyl (C=O) groups is 2. The third-order valence-corrected chi connectivity index (χ3v) is 6.70. The van der Waals surface area contributed by atoms with Crippen LogP contribution in [0.4, 0.5) is 5.82 Å². The van der Waals surface area contributed by atoms with Gasteiger partial charge < -0.3 is 21.3 Å². The van der Waals surface area contributed by atoms with E-state index in [9.17, 15) is 9.59 Å². The largest absolute Gasteiger partial charge is 0.369 e. The van der Waals surface area contributed by atoms with Gasteiger partial charge in [-0.1, -0.05) is 18.9 Å². The van der Waals surface area contributed by atoms with E-state index >= 15 is 0 Å². The Morgan fingerprint density at radius 3 is 2.75 bits per heavy atom. The van der Waals surface area contributed by atoms with Crippen molar-refractivity contribution in [2.75, 3.05) is 18.0 Å². The fraction of sp³-hybridized carbons (Fsp3) is 0.667. The first kappa shape index (κ1) is 19.2. The first-order chi connectivity index (χ1) is 13.6. The third kappa shape index (κ3) is 4.14. The molecule has 2 saturated heterocycles. The van der Waals surface area contributed by atoms with Crippen molar-refractivity contribution < 1.29 is 9.59 Å². The molecule has 3 unspecified atom stereocenters. The number of nitrogens with two attached hydrogens (primary N) is 1. The molecule has 3 heterocycles. The molecule has 3 fully saturated rings. The molecule has 4 N–H and O–H groups in total. The Hall–Kier alpha value is -2.15. The summed E-state index contributed by atoms with van der Waals surface area (Å²) < 4.78 is 0. The van der Waals surface area contributed by atoms with E-state index in [1.807, 2.05) is 12.1 Å². The second-order valence-corrected chi connectivity index (χ2v) is 8.47. The Labute approximate surface area is 166 Å². The second kappa shape index (κ2) is 8.47. The van der Waals surface area contributed by atoms with Gasteiger partial charge in [0.05, 0.1) is 6.04 Å². The number of aromatic nitrogens is 1. The van der Waals surface area contributed by atoms with E-state index < -0.39 is 0 Å². The minimum absolute atomic E-state index is 0.0416. The van der Waals surface area contributed by atoms with Gasteiger partial charge >= 0.3 is 0 Å². The minimum Gasteiger partial charge on any atom is -0.369 e. The zero-order valence-electron chi connectivity index (χ0n) is 16.4. The standard InChI is InChI=1S/C21H31N5O2/c22-19(27)14-7-10-26(11-8-14)20-16(5-3-9-23-20)13-24-21(28)18-12-15-4-1-2-6-17(15)25-18/h3,5,9,14-15,17-18,25H,1-2,4,6-8,10-13H2,(H2,22,27)(H,24,28). The second-order valence-electron chi connectivity index (χ2n) is 8.47. The molecule has 2 amide bonds. The maximum absolute atomic E-state index is 12.7. The molecule has 7 heteroatoms. The van der Waals surface area contributed by atoms with E-state index in [1.165, 1.54) is 25.7 Å². The number of nitrogens with one attached hydrogen (secondary N) is 2. The number of rotatable bonds is 5. The molecule has 1 saturated carbocycles. The van der Waals surface area contributed by atoms with E-state index in [4.69, 9.17) is 5.73 Å². The quantitative estimate of drug-likeness (QED) is 0.710. The highest BCUT2D eigenvalue weighted by atomic mass is 16.2. The lowest BCUT2D eigenvalue weighted by Gasteiger charge is -2.32. The number of primary amides is 1. The highest BCUT2D eigenvalue weighted by Crippen LogP contribution is 2.33. The van der Waals surface area contributed by atoms with Gasteiger partial charge in [-0.3, -0.25) is 9.59 Å². The molecule has 28 heavy (non-hydrogen) atoms. The van der Waals surface area contributed by atoms with E-state index in [0.29, 0.717) is 18.5 Å². The molecule has 1 aromatic heterocycles. The van der Waals surface area contributed by atoms with Crippen LogP contribution < -0.4 is 21.3 Å². The molecule has 3 aliphatic rings. The van der Waals surface area contributed by atoms with Crippen molar-refractivity contribution in [3.63, 3.8) is 0 Å². The van der Waals surface area contributed by atoms with E-state index in [0.717, 1.165) is 43.7 Å². The van der Waals surface area contributed by atoms with Crippen molar-refractivity contribution in [1.82, 2.24) is 15.6 Å². The lowest BCUT2D eigenvalue weighted by Crippen LogP contribution is -2.43. The van der Waals surface area contributed by atoms with Gasteiger partial charge in [-0.2, -0.15) is 0 Å². The Morgan fingerprint density at radius 1 is 1.21 bits per heavy atom. The van der Waals surface area contributed by atoms with Gasteiger partial charge in [-0.05, 0) is 44.1 Å². The number of fused-ring (bicyclic) bond motifs is 1. The van der Waals surface area contributed by atoms with E-state index in [-0.39, 0.29) is 23.8 Å². The fourth-order valence-electron chi connectivity index (χ4n) is 5.06. The molecule has 0 bridgehead atoms. The van der Waals surface area contributed by atoms with Crippen LogP contribution in [0.1, 0.15) is 50.5 Å². The van der Waals surface area contributed by atoms with Gasteiger partial charge in [0, 0.05) is 43.4 Å². The Balaban J connectivity index is 1.34. The third-order valence-electron chi connectivity index (χ3n) is 6.70. The van der Waals surface area contributed by atoms with Crippen LogP contribution >= 0.6 is 0 Å². The monoisotopic (exact) mass is 385 g/mol. The van der Waals surface area contributed by atoms with Crippen LogP contribution in [-0.2, 0) is 16.1 Å². The molecular weight excluding hydrogens is 354 g/mol. The maximum atomic E-state index is 12.7. The first-order valence-electron chi connectivity index (χ1n) is 10.6. The van der Waals surface area contributed by atoms with Gasteiger partial charge in [0.25, 0.3) is 0 Å². The molecule has 2 aliphatic heterocycles. The molecule has 1 aliphatic carbocycles. The Bertz CT molecular complexity index is 703. The molecule has 0 spiro atoms. The van der Waals surface area contributed by atoms with Crippen molar-refractivity contribution in [2.45, 2.75) is 63.6 Å². The fourth-order valence-corrected chi connectivity index (χ4v) is 5.06. The number of pyridine rings is 1. The number of carbonyl (C=O) groups excluding carboxylic acids is 2. The summed E-state index contributed by atoms with van der Waals surface area (Å²) in [6.45, 7) is 2.00. The summed E-state index contributed by atoms with van der Waals surface area (Å²) in [5.74, 6) is 1.40. The smallest absolute Gasteiger partial charge is 0.237 e. The van der Waals surface area contributed by atoms with Crippen LogP contribution in [0.2, 0.25) is 0 Å². The molecule has 1 aromatic rings. The van der Waals surface area contributed by atoms with Crippen LogP contribution in [0.3, 0.4) is 0 Å². The molecule has 152 valence electrons. The predicted octanol–water partition coefficient (Wildman–Crippen LogP) is 1.32. The minimum atomic E-state index is -0.210. The average molecular weight is 386 g/mol. The molecule has 7 nitrogen and oxygen atoms in total. The summed E-state index contributed by atoms with van der Waals surface area (Å²) in [6.07, 6.45) is 9.26. The zero-order valence-corrected chi connectivity index (χ0v) is 16.4. The number of hydrogen-bond acceptors (Lipinski definition) is 5. The normalized spacial score (nSPS) is 28.0. The van der Waals surface area contributed by atoms with Crippen molar-refractivity contribution in [1.29, 1.82) is 0 Å². The topological polar surface area (TPSA) is 100 Å². The van der Waals surface area contributed by atoms with E-state index in [2.05, 4.69) is 20.5 Å². The van der Waals surface area contributed by atoms with Crippen LogP contribution in [-0.4, -0.2) is 42.0 Å². The highest BCUT2D eigenvalue weighted by Gasteiger charge is 2.38. The average Bonchev–Trinajstić information content (AvgIpc) is 3.17.